The van der Waals surface area contributed by atoms with E-state index in [0.717, 1.165) is 32.1 Å². The van der Waals surface area contributed by atoms with Gasteiger partial charge in [0.1, 0.15) is 18.8 Å². The van der Waals surface area contributed by atoms with Gasteiger partial charge in [-0.05, 0) is 18.8 Å². The molecule has 3 rings (SSSR count). The van der Waals surface area contributed by atoms with Crippen LogP contribution in [0.3, 0.4) is 0 Å². The second-order valence-corrected chi connectivity index (χ2v) is 6.18. The van der Waals surface area contributed by atoms with Crippen molar-refractivity contribution in [2.45, 2.75) is 32.1 Å². The summed E-state index contributed by atoms with van der Waals surface area (Å²) in [5, 5.41) is 0. The molecule has 104 valence electrons. The molecule has 19 heavy (non-hydrogen) atoms. The molecule has 0 unspecified atom stereocenters. The zero-order chi connectivity index (χ0) is 13.7. The molecule has 2 aliphatic heterocycles. The molecule has 7 heteroatoms. The SMILES string of the molecule is C[N+]12CC(=O)O[B-]1(C(=O)C1CCCCC1)OC(=O)C2. The molecular formula is C12H18BNO5. The summed E-state index contributed by atoms with van der Waals surface area (Å²) in [6, 6.07) is 0. The number of carbonyl (C=O) groups is 3. The smallest absolute Gasteiger partial charge is 0.594 e. The molecule has 0 amide bonds. The second kappa shape index (κ2) is 4.06. The fourth-order valence-electron chi connectivity index (χ4n) is 3.70. The minimum absolute atomic E-state index is 0.0208. The predicted octanol–water partition coefficient (Wildman–Crippen LogP) is 0.174. The van der Waals surface area contributed by atoms with Crippen LogP contribution in [0.25, 0.3) is 0 Å². The highest BCUT2D eigenvalue weighted by Crippen LogP contribution is 2.38. The van der Waals surface area contributed by atoms with Crippen LogP contribution in [0.5, 0.6) is 0 Å². The third kappa shape index (κ3) is 1.71. The molecule has 3 fully saturated rings. The Balaban J connectivity index is 1.93. The molecule has 2 saturated heterocycles. The monoisotopic (exact) mass is 267 g/mol. The van der Waals surface area contributed by atoms with Gasteiger partial charge in [0.05, 0.1) is 0 Å². The number of nitrogens with zero attached hydrogens (tertiary/aromatic N) is 1. The van der Waals surface area contributed by atoms with Gasteiger partial charge in [0.2, 0.25) is 0 Å². The van der Waals surface area contributed by atoms with E-state index < -0.39 is 18.6 Å². The third-order valence-corrected chi connectivity index (χ3v) is 4.75. The average molecular weight is 267 g/mol. The molecule has 2 heterocycles. The number of rotatable bonds is 2. The highest BCUT2D eigenvalue weighted by Gasteiger charge is 2.70. The van der Waals surface area contributed by atoms with Crippen molar-refractivity contribution in [3.63, 3.8) is 0 Å². The van der Waals surface area contributed by atoms with Crippen molar-refractivity contribution in [1.29, 1.82) is 0 Å². The Bertz CT molecular complexity index is 437. The fourth-order valence-corrected chi connectivity index (χ4v) is 3.70. The Kier molecular flexibility index (Phi) is 2.71. The van der Waals surface area contributed by atoms with Crippen LogP contribution >= 0.6 is 0 Å². The lowest BCUT2D eigenvalue weighted by molar-refractivity contribution is -0.791. The molecule has 0 spiro atoms. The van der Waals surface area contributed by atoms with Crippen LogP contribution in [0.2, 0.25) is 0 Å². The summed E-state index contributed by atoms with van der Waals surface area (Å²) >= 11 is 0. The molecule has 0 aromatic carbocycles. The lowest BCUT2D eigenvalue weighted by Crippen LogP contribution is -2.66. The van der Waals surface area contributed by atoms with Crippen LogP contribution in [-0.2, 0) is 23.7 Å². The summed E-state index contributed by atoms with van der Waals surface area (Å²) in [5.74, 6) is -1.03. The average Bonchev–Trinajstić information content (AvgIpc) is 2.74. The first-order valence-electron chi connectivity index (χ1n) is 6.93. The van der Waals surface area contributed by atoms with Gasteiger partial charge in [0.25, 0.3) is 0 Å². The van der Waals surface area contributed by atoms with Crippen molar-refractivity contribution in [3.8, 4) is 0 Å². The van der Waals surface area contributed by atoms with Gasteiger partial charge >= 0.3 is 18.6 Å². The standard InChI is InChI=1S/C12H18BNO5/c1-14-7-10(15)18-13(14,19-11(16)8-14)12(17)9-5-3-2-4-6-9/h9H,2-8H2,1H3. The maximum absolute atomic E-state index is 12.8. The summed E-state index contributed by atoms with van der Waals surface area (Å²) in [5.41, 5.74) is -0.168. The quantitative estimate of drug-likeness (QED) is 0.667. The van der Waals surface area contributed by atoms with Gasteiger partial charge in [0, 0.05) is 7.05 Å². The summed E-state index contributed by atoms with van der Waals surface area (Å²) in [4.78, 5) is 35.9. The molecule has 0 radical (unpaired) electrons. The van der Waals surface area contributed by atoms with Crippen LogP contribution in [0.4, 0.5) is 0 Å². The van der Waals surface area contributed by atoms with Gasteiger partial charge in [-0.1, -0.05) is 19.3 Å². The van der Waals surface area contributed by atoms with E-state index in [4.69, 9.17) is 9.31 Å². The second-order valence-electron chi connectivity index (χ2n) is 6.18. The van der Waals surface area contributed by atoms with Crippen molar-refractivity contribution in [1.82, 2.24) is 0 Å². The summed E-state index contributed by atoms with van der Waals surface area (Å²) in [6.45, 7) is -2.39. The topological polar surface area (TPSA) is 69.7 Å². The van der Waals surface area contributed by atoms with Crippen molar-refractivity contribution < 1.29 is 28.1 Å². The molecule has 1 aliphatic carbocycles. The molecule has 1 saturated carbocycles. The van der Waals surface area contributed by atoms with Crippen molar-refractivity contribution in [2.75, 3.05) is 20.1 Å². The zero-order valence-corrected chi connectivity index (χ0v) is 11.1. The van der Waals surface area contributed by atoms with Crippen molar-refractivity contribution in [2.24, 2.45) is 5.92 Å². The maximum atomic E-state index is 12.8. The third-order valence-electron chi connectivity index (χ3n) is 4.75. The Morgan fingerprint density at radius 2 is 1.63 bits per heavy atom. The Morgan fingerprint density at radius 3 is 2.16 bits per heavy atom. The first-order chi connectivity index (χ1) is 8.97. The van der Waals surface area contributed by atoms with Crippen molar-refractivity contribution in [3.05, 3.63) is 0 Å². The van der Waals surface area contributed by atoms with Crippen LogP contribution in [0.15, 0.2) is 0 Å². The Morgan fingerprint density at radius 1 is 1.11 bits per heavy atom. The molecule has 6 nitrogen and oxygen atoms in total. The maximum Gasteiger partial charge on any atom is 0.649 e. The van der Waals surface area contributed by atoms with Crippen LogP contribution in [-0.4, -0.2) is 48.8 Å². The van der Waals surface area contributed by atoms with Gasteiger partial charge in [-0.3, -0.25) is 9.59 Å². The molecule has 0 aromatic rings. The lowest BCUT2D eigenvalue weighted by atomic mass is 9.57. The molecule has 0 bridgehead atoms. The van der Waals surface area contributed by atoms with Gasteiger partial charge in [-0.25, -0.2) is 0 Å². The molecule has 0 N–H and O–H groups in total. The van der Waals surface area contributed by atoms with E-state index in [0.29, 0.717) is 0 Å². The Hall–Kier alpha value is -1.37. The number of hydrogen-bond acceptors (Lipinski definition) is 5. The number of carbonyl (C=O) groups excluding carboxylic acids is 3. The normalized spacial score (nSPS) is 38.8. The van der Waals surface area contributed by atoms with Crippen LogP contribution in [0, 0.1) is 5.92 Å². The van der Waals surface area contributed by atoms with Crippen molar-refractivity contribution >= 4 is 24.3 Å². The van der Waals surface area contributed by atoms with Gasteiger partial charge < -0.3 is 18.5 Å². The van der Waals surface area contributed by atoms with Gasteiger partial charge in [0.15, 0.2) is 0 Å². The Labute approximate surface area is 111 Å². The molecule has 0 atom stereocenters. The van der Waals surface area contributed by atoms with Crippen LogP contribution < -0.4 is 0 Å². The van der Waals surface area contributed by atoms with Gasteiger partial charge in [-0.2, -0.15) is 0 Å². The lowest BCUT2D eigenvalue weighted by Gasteiger charge is -2.40. The van der Waals surface area contributed by atoms with Crippen LogP contribution in [0.1, 0.15) is 32.1 Å². The number of fused-ring (bicyclic) bond motifs is 1. The predicted molar refractivity (Wildman–Crippen MR) is 65.4 cm³/mol. The van der Waals surface area contributed by atoms with E-state index in [1.165, 1.54) is 0 Å². The largest absolute Gasteiger partial charge is 0.649 e. The summed E-state index contributed by atoms with van der Waals surface area (Å²) in [7, 11) is 1.70. The van der Waals surface area contributed by atoms with E-state index in [-0.39, 0.29) is 29.1 Å². The number of likely N-dealkylation sites (N-methyl/N-ethyl adjacent to an activating group) is 1. The van der Waals surface area contributed by atoms with Gasteiger partial charge in [-0.15, -0.1) is 0 Å². The minimum Gasteiger partial charge on any atom is -0.594 e. The fraction of sp³-hybridized carbons (Fsp3) is 0.750. The van der Waals surface area contributed by atoms with E-state index >= 15 is 0 Å². The zero-order valence-electron chi connectivity index (χ0n) is 11.1. The number of quaternary nitrogens is 1. The first kappa shape index (κ1) is 12.7. The molecule has 0 aromatic heterocycles. The highest BCUT2D eigenvalue weighted by molar-refractivity contribution is 6.95. The van der Waals surface area contributed by atoms with E-state index in [1.807, 2.05) is 0 Å². The van der Waals surface area contributed by atoms with E-state index in [9.17, 15) is 14.4 Å². The minimum atomic E-state index is -2.48. The summed E-state index contributed by atoms with van der Waals surface area (Å²) in [6.07, 6.45) is 4.76. The van der Waals surface area contributed by atoms with E-state index in [1.54, 1.807) is 7.05 Å². The molecular weight excluding hydrogens is 249 g/mol. The number of hydrogen-bond donors (Lipinski definition) is 0. The van der Waals surface area contributed by atoms with E-state index in [2.05, 4.69) is 0 Å². The first-order valence-corrected chi connectivity index (χ1v) is 6.93. The molecule has 3 aliphatic rings. The highest BCUT2D eigenvalue weighted by atomic mass is 16.7. The summed E-state index contributed by atoms with van der Waals surface area (Å²) < 4.78 is 10.5.